The molecule has 0 spiro atoms. The Kier molecular flexibility index (Phi) is 4.55. The minimum absolute atomic E-state index is 0.00830. The molecular weight excluding hydrogens is 368 g/mol. The molecule has 1 saturated heterocycles. The maximum absolute atomic E-state index is 12.5. The van der Waals surface area contributed by atoms with E-state index in [-0.39, 0.29) is 11.6 Å². The molecule has 1 fully saturated rings. The van der Waals surface area contributed by atoms with E-state index in [4.69, 9.17) is 0 Å². The van der Waals surface area contributed by atoms with Crippen LogP contribution in [0, 0.1) is 10.1 Å². The molecular formula is C17H16N6O3S. The lowest BCUT2D eigenvalue weighted by atomic mass is 10.2. The van der Waals surface area contributed by atoms with Crippen molar-refractivity contribution in [3.63, 3.8) is 0 Å². The minimum atomic E-state index is -0.421. The van der Waals surface area contributed by atoms with Crippen LogP contribution in [0.5, 0.6) is 0 Å². The second-order valence-electron chi connectivity index (χ2n) is 6.06. The number of rotatable bonds is 4. The smallest absolute Gasteiger partial charge is 0.271 e. The van der Waals surface area contributed by atoms with E-state index >= 15 is 0 Å². The first-order chi connectivity index (χ1) is 13.1. The molecule has 1 aliphatic rings. The average Bonchev–Trinajstić information content (AvgIpc) is 3.41. The molecule has 4 rings (SSSR count). The fraction of sp³-hybridized carbons (Fsp3) is 0.235. The summed E-state index contributed by atoms with van der Waals surface area (Å²) in [6, 6.07) is 8.45. The minimum Gasteiger partial charge on any atom is -0.366 e. The van der Waals surface area contributed by atoms with Gasteiger partial charge in [-0.1, -0.05) is 6.07 Å². The summed E-state index contributed by atoms with van der Waals surface area (Å²) in [6.45, 7) is 2.47. The van der Waals surface area contributed by atoms with E-state index in [1.54, 1.807) is 10.6 Å². The predicted octanol–water partition coefficient (Wildman–Crippen LogP) is 2.20. The number of hydrogen-bond donors (Lipinski definition) is 0. The lowest BCUT2D eigenvalue weighted by molar-refractivity contribution is -0.384. The highest BCUT2D eigenvalue weighted by Gasteiger charge is 2.25. The number of nitro groups is 1. The number of amides is 1. The van der Waals surface area contributed by atoms with Gasteiger partial charge in [-0.3, -0.25) is 19.5 Å². The molecule has 27 heavy (non-hydrogen) atoms. The molecule has 3 aromatic rings. The fourth-order valence-corrected chi connectivity index (χ4v) is 3.82. The van der Waals surface area contributed by atoms with E-state index in [0.29, 0.717) is 31.9 Å². The molecule has 9 nitrogen and oxygen atoms in total. The van der Waals surface area contributed by atoms with Gasteiger partial charge in [-0.2, -0.15) is 0 Å². The molecule has 1 aliphatic heterocycles. The molecule has 0 aliphatic carbocycles. The van der Waals surface area contributed by atoms with Crippen LogP contribution in [0.2, 0.25) is 0 Å². The number of nitro benzene ring substituents is 1. The SMILES string of the molecule is O=C(c1cccs1)N1CCN(c2ccc([N+](=O)[O-])cc2-n2cnnc2)CC1. The number of aromatic nitrogens is 3. The Hall–Kier alpha value is -3.27. The van der Waals surface area contributed by atoms with Gasteiger partial charge < -0.3 is 9.80 Å². The number of non-ortho nitro benzene ring substituents is 1. The van der Waals surface area contributed by atoms with Gasteiger partial charge >= 0.3 is 0 Å². The molecule has 0 atom stereocenters. The van der Waals surface area contributed by atoms with Gasteiger partial charge in [0.25, 0.3) is 11.6 Å². The first kappa shape index (κ1) is 17.2. The summed E-state index contributed by atoms with van der Waals surface area (Å²) in [5, 5.41) is 20.6. The largest absolute Gasteiger partial charge is 0.366 e. The van der Waals surface area contributed by atoms with Gasteiger partial charge in [0.05, 0.1) is 21.2 Å². The van der Waals surface area contributed by atoms with Crippen molar-refractivity contribution in [3.8, 4) is 5.69 Å². The van der Waals surface area contributed by atoms with Crippen LogP contribution in [0.1, 0.15) is 9.67 Å². The summed E-state index contributed by atoms with van der Waals surface area (Å²) in [5.41, 5.74) is 1.50. The molecule has 10 heteroatoms. The summed E-state index contributed by atoms with van der Waals surface area (Å²) >= 11 is 1.44. The third-order valence-electron chi connectivity index (χ3n) is 4.51. The standard InChI is InChI=1S/C17H16N6O3S/c24-17(16-2-1-9-27-16)21-7-5-20(6-8-21)14-4-3-13(23(25)26)10-15(14)22-11-18-19-12-22/h1-4,9-12H,5-8H2. The topological polar surface area (TPSA) is 97.4 Å². The van der Waals surface area contributed by atoms with Gasteiger partial charge in [-0.25, -0.2) is 0 Å². The van der Waals surface area contributed by atoms with Crippen molar-refractivity contribution in [2.45, 2.75) is 0 Å². The number of carbonyl (C=O) groups is 1. The van der Waals surface area contributed by atoms with Crippen molar-refractivity contribution in [1.82, 2.24) is 19.7 Å². The number of anilines is 1. The number of benzene rings is 1. The van der Waals surface area contributed by atoms with Gasteiger partial charge in [0.1, 0.15) is 12.7 Å². The second kappa shape index (κ2) is 7.16. The zero-order valence-electron chi connectivity index (χ0n) is 14.3. The normalized spacial score (nSPS) is 14.4. The number of piperazine rings is 1. The van der Waals surface area contributed by atoms with E-state index in [9.17, 15) is 14.9 Å². The van der Waals surface area contributed by atoms with Crippen LogP contribution >= 0.6 is 11.3 Å². The summed E-state index contributed by atoms with van der Waals surface area (Å²) in [6.07, 6.45) is 3.03. The van der Waals surface area contributed by atoms with E-state index in [2.05, 4.69) is 15.1 Å². The van der Waals surface area contributed by atoms with Crippen LogP contribution < -0.4 is 4.90 Å². The van der Waals surface area contributed by atoms with Crippen molar-refractivity contribution < 1.29 is 9.72 Å². The third-order valence-corrected chi connectivity index (χ3v) is 5.36. The van der Waals surface area contributed by atoms with Crippen molar-refractivity contribution in [3.05, 3.63) is 63.4 Å². The van der Waals surface area contributed by atoms with E-state index < -0.39 is 4.92 Å². The lowest BCUT2D eigenvalue weighted by Gasteiger charge is -2.36. The number of hydrogen-bond acceptors (Lipinski definition) is 7. The monoisotopic (exact) mass is 384 g/mol. The Morgan fingerprint density at radius 3 is 2.44 bits per heavy atom. The first-order valence-corrected chi connectivity index (χ1v) is 9.22. The molecule has 2 aromatic heterocycles. The van der Waals surface area contributed by atoms with Gasteiger partial charge in [0.15, 0.2) is 0 Å². The number of thiophene rings is 1. The third kappa shape index (κ3) is 3.38. The van der Waals surface area contributed by atoms with E-state index in [1.807, 2.05) is 22.4 Å². The molecule has 1 aromatic carbocycles. The zero-order valence-corrected chi connectivity index (χ0v) is 15.1. The summed E-state index contributed by atoms with van der Waals surface area (Å²) in [5.74, 6) is 0.0485. The lowest BCUT2D eigenvalue weighted by Crippen LogP contribution is -2.48. The Morgan fingerprint density at radius 2 is 1.81 bits per heavy atom. The Labute approximate surface area is 158 Å². The fourth-order valence-electron chi connectivity index (χ4n) is 3.13. The molecule has 138 valence electrons. The molecule has 0 unspecified atom stereocenters. The highest BCUT2D eigenvalue weighted by atomic mass is 32.1. The van der Waals surface area contributed by atoms with E-state index in [1.165, 1.54) is 36.1 Å². The number of carbonyl (C=O) groups excluding carboxylic acids is 1. The predicted molar refractivity (Wildman–Crippen MR) is 100 cm³/mol. The van der Waals surface area contributed by atoms with Crippen LogP contribution in [-0.4, -0.2) is 56.7 Å². The molecule has 0 N–H and O–H groups in total. The maximum Gasteiger partial charge on any atom is 0.271 e. The highest BCUT2D eigenvalue weighted by Crippen LogP contribution is 2.29. The molecule has 0 radical (unpaired) electrons. The van der Waals surface area contributed by atoms with Crippen LogP contribution in [0.15, 0.2) is 48.4 Å². The van der Waals surface area contributed by atoms with Crippen LogP contribution in [-0.2, 0) is 0 Å². The highest BCUT2D eigenvalue weighted by molar-refractivity contribution is 7.12. The quantitative estimate of drug-likeness (QED) is 0.505. The molecule has 0 saturated carbocycles. The van der Waals surface area contributed by atoms with Crippen molar-refractivity contribution >= 4 is 28.6 Å². The van der Waals surface area contributed by atoms with Gasteiger partial charge in [-0.05, 0) is 17.5 Å². The van der Waals surface area contributed by atoms with Crippen LogP contribution in [0.25, 0.3) is 5.69 Å². The molecule has 1 amide bonds. The zero-order chi connectivity index (χ0) is 18.8. The van der Waals surface area contributed by atoms with Gasteiger partial charge in [0.2, 0.25) is 0 Å². The molecule has 3 heterocycles. The average molecular weight is 384 g/mol. The Morgan fingerprint density at radius 1 is 1.07 bits per heavy atom. The Balaban J connectivity index is 1.56. The van der Waals surface area contributed by atoms with Crippen molar-refractivity contribution in [2.75, 3.05) is 31.1 Å². The summed E-state index contributed by atoms with van der Waals surface area (Å²) in [7, 11) is 0. The van der Waals surface area contributed by atoms with Crippen molar-refractivity contribution in [2.24, 2.45) is 0 Å². The van der Waals surface area contributed by atoms with E-state index in [0.717, 1.165) is 10.6 Å². The summed E-state index contributed by atoms with van der Waals surface area (Å²) in [4.78, 5) is 27.9. The van der Waals surface area contributed by atoms with Crippen molar-refractivity contribution in [1.29, 1.82) is 0 Å². The maximum atomic E-state index is 12.5. The summed E-state index contributed by atoms with van der Waals surface area (Å²) < 4.78 is 1.66. The van der Waals surface area contributed by atoms with Gasteiger partial charge in [-0.15, -0.1) is 21.5 Å². The van der Waals surface area contributed by atoms with Crippen LogP contribution in [0.3, 0.4) is 0 Å². The second-order valence-corrected chi connectivity index (χ2v) is 7.00. The van der Waals surface area contributed by atoms with Gasteiger partial charge in [0, 0.05) is 38.3 Å². The molecule has 0 bridgehead atoms. The Bertz CT molecular complexity index is 949. The first-order valence-electron chi connectivity index (χ1n) is 8.34. The number of nitrogens with zero attached hydrogens (tertiary/aromatic N) is 6. The van der Waals surface area contributed by atoms with Crippen LogP contribution in [0.4, 0.5) is 11.4 Å².